The molecule has 2 aromatic heterocycles. The summed E-state index contributed by atoms with van der Waals surface area (Å²) in [5.74, 6) is 0.0466. The number of carbonyl (C=O) groups is 1. The smallest absolute Gasteiger partial charge is 0.225 e. The molecule has 152 valence electrons. The fourth-order valence-corrected chi connectivity index (χ4v) is 4.72. The molecule has 1 aliphatic rings. The molecule has 0 aliphatic heterocycles. The molecule has 2 aromatic carbocycles. The summed E-state index contributed by atoms with van der Waals surface area (Å²) in [5, 5.41) is 9.24. The third-order valence-corrected chi connectivity index (χ3v) is 6.23. The molecular weight excluding hydrogens is 372 g/mol. The van der Waals surface area contributed by atoms with Crippen LogP contribution in [-0.2, 0) is 17.6 Å². The summed E-state index contributed by atoms with van der Waals surface area (Å²) in [4.78, 5) is 16.5. The van der Waals surface area contributed by atoms with Gasteiger partial charge in [-0.25, -0.2) is 4.68 Å². The molecule has 0 spiro atoms. The molecule has 0 fully saturated rings. The summed E-state index contributed by atoms with van der Waals surface area (Å²) in [6, 6.07) is 18.5. The van der Waals surface area contributed by atoms with Crippen LogP contribution in [0.5, 0.6) is 0 Å². The number of aryl methyl sites for hydroxylation is 2. The van der Waals surface area contributed by atoms with E-state index in [1.165, 1.54) is 16.6 Å². The minimum absolute atomic E-state index is 0.0402. The largest absolute Gasteiger partial charge is 0.356 e. The van der Waals surface area contributed by atoms with Crippen LogP contribution >= 0.6 is 0 Å². The maximum absolute atomic E-state index is 13.0. The van der Waals surface area contributed by atoms with Crippen molar-refractivity contribution in [1.82, 2.24) is 20.1 Å². The van der Waals surface area contributed by atoms with E-state index in [2.05, 4.69) is 33.6 Å². The Bertz CT molecular complexity index is 1220. The molecule has 0 bridgehead atoms. The van der Waals surface area contributed by atoms with Gasteiger partial charge < -0.3 is 10.3 Å². The van der Waals surface area contributed by atoms with Crippen LogP contribution in [0.4, 0.5) is 0 Å². The van der Waals surface area contributed by atoms with E-state index in [-0.39, 0.29) is 11.9 Å². The van der Waals surface area contributed by atoms with Crippen LogP contribution in [0.3, 0.4) is 0 Å². The van der Waals surface area contributed by atoms with E-state index in [1.54, 1.807) is 0 Å². The Balaban J connectivity index is 1.37. The standard InChI is InChI=1S/C25H26N4O/c1-16-21(17(2)29(28-16)18-9-4-3-5-10-18)15-24(30)26-23-14-8-12-20-19-11-6-7-13-22(19)27-25(20)23/h3-7,9-11,13,23,27H,8,12,14-15H2,1-2H3,(H,26,30). The van der Waals surface area contributed by atoms with Gasteiger partial charge in [0.2, 0.25) is 5.91 Å². The normalized spacial score (nSPS) is 15.9. The third kappa shape index (κ3) is 3.20. The van der Waals surface area contributed by atoms with E-state index in [0.717, 1.165) is 47.4 Å². The van der Waals surface area contributed by atoms with Crippen LogP contribution in [0.25, 0.3) is 16.6 Å². The molecule has 0 saturated heterocycles. The predicted molar refractivity (Wildman–Crippen MR) is 119 cm³/mol. The minimum Gasteiger partial charge on any atom is -0.356 e. The Morgan fingerprint density at radius 2 is 1.90 bits per heavy atom. The maximum atomic E-state index is 13.0. The van der Waals surface area contributed by atoms with Crippen LogP contribution < -0.4 is 5.32 Å². The molecule has 0 radical (unpaired) electrons. The van der Waals surface area contributed by atoms with Gasteiger partial charge in [0.05, 0.1) is 23.8 Å². The molecule has 30 heavy (non-hydrogen) atoms. The first kappa shape index (κ1) is 18.7. The number of H-pyrrole nitrogens is 1. The van der Waals surface area contributed by atoms with Crippen molar-refractivity contribution >= 4 is 16.8 Å². The summed E-state index contributed by atoms with van der Waals surface area (Å²) in [7, 11) is 0. The number of carbonyl (C=O) groups excluding carboxylic acids is 1. The molecule has 5 nitrogen and oxygen atoms in total. The van der Waals surface area contributed by atoms with Crippen LogP contribution in [-0.4, -0.2) is 20.7 Å². The first-order valence-corrected chi connectivity index (χ1v) is 10.6. The average Bonchev–Trinajstić information content (AvgIpc) is 3.28. The van der Waals surface area contributed by atoms with Crippen LogP contribution in [0.1, 0.15) is 47.1 Å². The number of hydrogen-bond donors (Lipinski definition) is 2. The lowest BCUT2D eigenvalue weighted by Crippen LogP contribution is -2.32. The third-order valence-electron chi connectivity index (χ3n) is 6.23. The fraction of sp³-hybridized carbons (Fsp3) is 0.280. The van der Waals surface area contributed by atoms with Crippen LogP contribution in [0.15, 0.2) is 54.6 Å². The molecule has 5 heteroatoms. The molecule has 1 atom stereocenters. The molecule has 1 unspecified atom stereocenters. The Kier molecular flexibility index (Phi) is 4.66. The van der Waals surface area contributed by atoms with Gasteiger partial charge in [-0.1, -0.05) is 36.4 Å². The zero-order chi connectivity index (χ0) is 20.7. The highest BCUT2D eigenvalue weighted by molar-refractivity contribution is 5.86. The number of aromatic nitrogens is 3. The molecular formula is C25H26N4O. The van der Waals surface area contributed by atoms with E-state index in [4.69, 9.17) is 0 Å². The summed E-state index contributed by atoms with van der Waals surface area (Å²) in [6.07, 6.45) is 3.46. The Morgan fingerprint density at radius 1 is 1.13 bits per heavy atom. The van der Waals surface area contributed by atoms with Crippen molar-refractivity contribution in [2.45, 2.75) is 45.6 Å². The quantitative estimate of drug-likeness (QED) is 0.523. The second kappa shape index (κ2) is 7.48. The average molecular weight is 399 g/mol. The summed E-state index contributed by atoms with van der Waals surface area (Å²) in [6.45, 7) is 4.01. The SMILES string of the molecule is Cc1nn(-c2ccccc2)c(C)c1CC(=O)NC1CCCc2c1[nH]c1ccccc21. The molecule has 2 heterocycles. The van der Waals surface area contributed by atoms with Crippen molar-refractivity contribution in [3.63, 3.8) is 0 Å². The highest BCUT2D eigenvalue weighted by Crippen LogP contribution is 2.34. The number of rotatable bonds is 4. The van der Waals surface area contributed by atoms with Crippen molar-refractivity contribution in [2.75, 3.05) is 0 Å². The number of hydrogen-bond acceptors (Lipinski definition) is 2. The summed E-state index contributed by atoms with van der Waals surface area (Å²) >= 11 is 0. The zero-order valence-electron chi connectivity index (χ0n) is 17.4. The lowest BCUT2D eigenvalue weighted by molar-refractivity contribution is -0.121. The van der Waals surface area contributed by atoms with Crippen molar-refractivity contribution in [3.05, 3.63) is 82.8 Å². The number of para-hydroxylation sites is 2. The lowest BCUT2D eigenvalue weighted by atomic mass is 9.91. The predicted octanol–water partition coefficient (Wildman–Crippen LogP) is 4.71. The second-order valence-corrected chi connectivity index (χ2v) is 8.15. The number of aromatic amines is 1. The second-order valence-electron chi connectivity index (χ2n) is 8.15. The summed E-state index contributed by atoms with van der Waals surface area (Å²) < 4.78 is 1.92. The van der Waals surface area contributed by atoms with E-state index in [0.29, 0.717) is 6.42 Å². The van der Waals surface area contributed by atoms with E-state index in [1.807, 2.05) is 54.9 Å². The van der Waals surface area contributed by atoms with Gasteiger partial charge in [0, 0.05) is 27.9 Å². The zero-order valence-corrected chi connectivity index (χ0v) is 17.4. The first-order chi connectivity index (χ1) is 14.6. The molecule has 4 aromatic rings. The van der Waals surface area contributed by atoms with Gasteiger partial charge in [0.1, 0.15) is 0 Å². The van der Waals surface area contributed by atoms with Crippen LogP contribution in [0.2, 0.25) is 0 Å². The van der Waals surface area contributed by atoms with Gasteiger partial charge in [-0.05, 0) is 56.9 Å². The fourth-order valence-electron chi connectivity index (χ4n) is 4.72. The topological polar surface area (TPSA) is 62.7 Å². The number of benzene rings is 2. The molecule has 0 saturated carbocycles. The van der Waals surface area contributed by atoms with Gasteiger partial charge in [-0.15, -0.1) is 0 Å². The number of amides is 1. The molecule has 5 rings (SSSR count). The maximum Gasteiger partial charge on any atom is 0.225 e. The number of nitrogens with zero attached hydrogens (tertiary/aromatic N) is 2. The van der Waals surface area contributed by atoms with Crippen molar-refractivity contribution < 1.29 is 4.79 Å². The van der Waals surface area contributed by atoms with Gasteiger partial charge in [0.15, 0.2) is 0 Å². The minimum atomic E-state index is 0.0402. The van der Waals surface area contributed by atoms with Gasteiger partial charge in [-0.2, -0.15) is 5.10 Å². The van der Waals surface area contributed by atoms with Gasteiger partial charge in [0.25, 0.3) is 0 Å². The number of fused-ring (bicyclic) bond motifs is 3. The summed E-state index contributed by atoms with van der Waals surface area (Å²) in [5.41, 5.74) is 7.61. The molecule has 2 N–H and O–H groups in total. The Hall–Kier alpha value is -3.34. The lowest BCUT2D eigenvalue weighted by Gasteiger charge is -2.24. The highest BCUT2D eigenvalue weighted by atomic mass is 16.1. The van der Waals surface area contributed by atoms with Crippen molar-refractivity contribution in [2.24, 2.45) is 0 Å². The number of nitrogens with one attached hydrogen (secondary N) is 2. The molecule has 1 aliphatic carbocycles. The van der Waals surface area contributed by atoms with Crippen LogP contribution in [0, 0.1) is 13.8 Å². The van der Waals surface area contributed by atoms with Gasteiger partial charge >= 0.3 is 0 Å². The Labute approximate surface area is 176 Å². The highest BCUT2D eigenvalue weighted by Gasteiger charge is 2.26. The Morgan fingerprint density at radius 3 is 2.73 bits per heavy atom. The van der Waals surface area contributed by atoms with E-state index < -0.39 is 0 Å². The monoisotopic (exact) mass is 398 g/mol. The van der Waals surface area contributed by atoms with E-state index >= 15 is 0 Å². The van der Waals surface area contributed by atoms with Crippen molar-refractivity contribution in [3.8, 4) is 5.69 Å². The first-order valence-electron chi connectivity index (χ1n) is 10.6. The molecule has 1 amide bonds. The van der Waals surface area contributed by atoms with E-state index in [9.17, 15) is 4.79 Å². The van der Waals surface area contributed by atoms with Crippen molar-refractivity contribution in [1.29, 1.82) is 0 Å². The van der Waals surface area contributed by atoms with Gasteiger partial charge in [-0.3, -0.25) is 4.79 Å².